The van der Waals surface area contributed by atoms with Gasteiger partial charge in [-0.15, -0.1) is 11.6 Å². The minimum atomic E-state index is -0.395. The molecule has 0 aromatic heterocycles. The van der Waals surface area contributed by atoms with Crippen LogP contribution < -0.4 is 14.4 Å². The molecular weight excluding hydrogens is 258 g/mol. The number of nitrogens with zero attached hydrogens (tertiary/aromatic N) is 1. The van der Waals surface area contributed by atoms with Crippen LogP contribution in [0.15, 0.2) is 18.2 Å². The SMILES string of the molecule is COc1ccc(N2C[C@@H](CCl)OC2=O)cc1OC. The van der Waals surface area contributed by atoms with Gasteiger partial charge in [-0.3, -0.25) is 4.90 Å². The van der Waals surface area contributed by atoms with Crippen LogP contribution in [0, 0.1) is 0 Å². The Morgan fingerprint density at radius 1 is 1.39 bits per heavy atom. The van der Waals surface area contributed by atoms with E-state index in [-0.39, 0.29) is 12.0 Å². The first-order chi connectivity index (χ1) is 8.69. The van der Waals surface area contributed by atoms with Crippen LogP contribution in [0.4, 0.5) is 10.5 Å². The van der Waals surface area contributed by atoms with Gasteiger partial charge in [-0.05, 0) is 12.1 Å². The molecule has 0 spiro atoms. The molecule has 1 heterocycles. The Kier molecular flexibility index (Phi) is 3.81. The molecule has 1 aliphatic heterocycles. The number of alkyl halides is 1. The standard InChI is InChI=1S/C12H14ClNO4/c1-16-10-4-3-8(5-11(10)17-2)14-7-9(6-13)18-12(14)15/h3-5,9H,6-7H2,1-2H3/t9-/m1/s1. The molecule has 5 nitrogen and oxygen atoms in total. The van der Waals surface area contributed by atoms with Crippen molar-refractivity contribution >= 4 is 23.4 Å². The molecule has 6 heteroatoms. The maximum atomic E-state index is 11.7. The minimum absolute atomic E-state index is 0.271. The van der Waals surface area contributed by atoms with Crippen LogP contribution >= 0.6 is 11.6 Å². The lowest BCUT2D eigenvalue weighted by Gasteiger charge is -2.15. The summed E-state index contributed by atoms with van der Waals surface area (Å²) in [6.07, 6.45) is -0.667. The minimum Gasteiger partial charge on any atom is -0.493 e. The van der Waals surface area contributed by atoms with Crippen molar-refractivity contribution in [3.05, 3.63) is 18.2 Å². The van der Waals surface area contributed by atoms with Gasteiger partial charge in [0.1, 0.15) is 6.10 Å². The normalized spacial score (nSPS) is 18.7. The van der Waals surface area contributed by atoms with Crippen molar-refractivity contribution in [3.63, 3.8) is 0 Å². The predicted octanol–water partition coefficient (Wildman–Crippen LogP) is 2.27. The number of carbonyl (C=O) groups excluding carboxylic acids is 1. The first-order valence-electron chi connectivity index (χ1n) is 5.45. The lowest BCUT2D eigenvalue weighted by molar-refractivity contribution is 0.151. The number of benzene rings is 1. The molecule has 0 unspecified atom stereocenters. The average Bonchev–Trinajstić information content (AvgIpc) is 2.79. The zero-order valence-electron chi connectivity index (χ0n) is 10.2. The van der Waals surface area contributed by atoms with Gasteiger partial charge in [0.15, 0.2) is 11.5 Å². The Morgan fingerprint density at radius 3 is 2.67 bits per heavy atom. The highest BCUT2D eigenvalue weighted by Gasteiger charge is 2.32. The topological polar surface area (TPSA) is 48.0 Å². The number of carbonyl (C=O) groups is 1. The molecule has 98 valence electrons. The van der Waals surface area contributed by atoms with Crippen molar-refractivity contribution in [2.45, 2.75) is 6.10 Å². The van der Waals surface area contributed by atoms with Crippen LogP contribution in [0.25, 0.3) is 0 Å². The van der Waals surface area contributed by atoms with E-state index in [0.29, 0.717) is 23.7 Å². The second kappa shape index (κ2) is 5.35. The van der Waals surface area contributed by atoms with Crippen molar-refractivity contribution in [1.29, 1.82) is 0 Å². The molecule has 0 radical (unpaired) electrons. The van der Waals surface area contributed by atoms with Gasteiger partial charge < -0.3 is 14.2 Å². The number of methoxy groups -OCH3 is 2. The number of amides is 1. The molecule has 0 N–H and O–H groups in total. The zero-order chi connectivity index (χ0) is 13.1. The first-order valence-corrected chi connectivity index (χ1v) is 5.99. The Morgan fingerprint density at radius 2 is 2.11 bits per heavy atom. The summed E-state index contributed by atoms with van der Waals surface area (Å²) in [5.41, 5.74) is 0.699. The third-order valence-electron chi connectivity index (χ3n) is 2.72. The predicted molar refractivity (Wildman–Crippen MR) is 67.9 cm³/mol. The summed E-state index contributed by atoms with van der Waals surface area (Å²) in [7, 11) is 3.11. The molecule has 1 aliphatic rings. The van der Waals surface area contributed by atoms with Gasteiger partial charge in [0.25, 0.3) is 0 Å². The van der Waals surface area contributed by atoms with E-state index < -0.39 is 6.09 Å². The lowest BCUT2D eigenvalue weighted by Crippen LogP contribution is -2.24. The van der Waals surface area contributed by atoms with Gasteiger partial charge in [-0.25, -0.2) is 4.79 Å². The number of rotatable bonds is 4. The fraction of sp³-hybridized carbons (Fsp3) is 0.417. The molecule has 0 aliphatic carbocycles. The summed E-state index contributed by atoms with van der Waals surface area (Å²) in [6.45, 7) is 0.442. The third kappa shape index (κ3) is 2.31. The van der Waals surface area contributed by atoms with E-state index in [9.17, 15) is 4.79 Å². The van der Waals surface area contributed by atoms with Gasteiger partial charge in [-0.1, -0.05) is 0 Å². The van der Waals surface area contributed by atoms with E-state index in [1.54, 1.807) is 32.4 Å². The second-order valence-corrected chi connectivity index (χ2v) is 4.12. The molecular formula is C12H14ClNO4. The molecule has 1 amide bonds. The van der Waals surface area contributed by atoms with E-state index in [2.05, 4.69) is 0 Å². The average molecular weight is 272 g/mol. The Bertz CT molecular complexity index is 452. The molecule has 18 heavy (non-hydrogen) atoms. The number of anilines is 1. The summed E-state index contributed by atoms with van der Waals surface area (Å²) < 4.78 is 15.4. The lowest BCUT2D eigenvalue weighted by atomic mass is 10.2. The maximum absolute atomic E-state index is 11.7. The van der Waals surface area contributed by atoms with Gasteiger partial charge >= 0.3 is 6.09 Å². The smallest absolute Gasteiger partial charge is 0.414 e. The van der Waals surface area contributed by atoms with Crippen LogP contribution in [0.1, 0.15) is 0 Å². The van der Waals surface area contributed by atoms with Gasteiger partial charge in [0.2, 0.25) is 0 Å². The number of hydrogen-bond donors (Lipinski definition) is 0. The third-order valence-corrected chi connectivity index (χ3v) is 3.07. The van der Waals surface area contributed by atoms with Crippen molar-refractivity contribution in [3.8, 4) is 11.5 Å². The summed E-state index contributed by atoms with van der Waals surface area (Å²) >= 11 is 5.68. The van der Waals surface area contributed by atoms with Crippen LogP contribution in [0.2, 0.25) is 0 Å². The molecule has 1 atom stereocenters. The van der Waals surface area contributed by atoms with Crippen LogP contribution in [-0.4, -0.2) is 38.8 Å². The fourth-order valence-electron chi connectivity index (χ4n) is 1.81. The Labute approximate surface area is 110 Å². The second-order valence-electron chi connectivity index (χ2n) is 3.81. The van der Waals surface area contributed by atoms with Gasteiger partial charge in [0, 0.05) is 6.07 Å². The maximum Gasteiger partial charge on any atom is 0.414 e. The summed E-state index contributed by atoms with van der Waals surface area (Å²) in [5.74, 6) is 1.47. The summed E-state index contributed by atoms with van der Waals surface area (Å²) in [6, 6.07) is 5.26. The Hall–Kier alpha value is -1.62. The molecule has 0 bridgehead atoms. The van der Waals surface area contributed by atoms with Crippen molar-refractivity contribution in [1.82, 2.24) is 0 Å². The molecule has 1 aromatic rings. The molecule has 1 saturated heterocycles. The fourth-order valence-corrected chi connectivity index (χ4v) is 1.97. The van der Waals surface area contributed by atoms with Crippen LogP contribution in [0.5, 0.6) is 11.5 Å². The van der Waals surface area contributed by atoms with E-state index in [1.165, 1.54) is 4.90 Å². The van der Waals surface area contributed by atoms with Crippen molar-refractivity contribution in [2.24, 2.45) is 0 Å². The highest BCUT2D eigenvalue weighted by molar-refractivity contribution is 6.18. The van der Waals surface area contributed by atoms with Crippen molar-refractivity contribution < 1.29 is 19.0 Å². The van der Waals surface area contributed by atoms with E-state index in [4.69, 9.17) is 25.8 Å². The summed E-state index contributed by atoms with van der Waals surface area (Å²) in [5, 5.41) is 0. The molecule has 1 fully saturated rings. The highest BCUT2D eigenvalue weighted by Crippen LogP contribution is 2.33. The largest absolute Gasteiger partial charge is 0.493 e. The van der Waals surface area contributed by atoms with Gasteiger partial charge in [-0.2, -0.15) is 0 Å². The quantitative estimate of drug-likeness (QED) is 0.788. The summed E-state index contributed by atoms with van der Waals surface area (Å²) in [4.78, 5) is 13.2. The van der Waals surface area contributed by atoms with Crippen molar-refractivity contribution in [2.75, 3.05) is 31.5 Å². The Balaban J connectivity index is 2.26. The highest BCUT2D eigenvalue weighted by atomic mass is 35.5. The first kappa shape index (κ1) is 12.8. The molecule has 0 saturated carbocycles. The number of hydrogen-bond acceptors (Lipinski definition) is 4. The number of halogens is 1. The molecule has 1 aromatic carbocycles. The van der Waals surface area contributed by atoms with Gasteiger partial charge in [0.05, 0.1) is 32.3 Å². The zero-order valence-corrected chi connectivity index (χ0v) is 10.9. The van der Waals surface area contributed by atoms with Crippen LogP contribution in [-0.2, 0) is 4.74 Å². The number of ether oxygens (including phenoxy) is 3. The van der Waals surface area contributed by atoms with Crippen LogP contribution in [0.3, 0.4) is 0 Å². The van der Waals surface area contributed by atoms with E-state index in [0.717, 1.165) is 0 Å². The number of cyclic esters (lactones) is 1. The van der Waals surface area contributed by atoms with E-state index in [1.807, 2.05) is 0 Å². The molecule has 2 rings (SSSR count). The monoisotopic (exact) mass is 271 g/mol. The van der Waals surface area contributed by atoms with E-state index >= 15 is 0 Å².